The van der Waals surface area contributed by atoms with Crippen LogP contribution in [0.5, 0.6) is 5.75 Å². The van der Waals surface area contributed by atoms with Gasteiger partial charge in [-0.1, -0.05) is 37.0 Å². The van der Waals surface area contributed by atoms with Crippen LogP contribution in [-0.2, 0) is 0 Å². The van der Waals surface area contributed by atoms with Crippen LogP contribution in [0.25, 0.3) is 0 Å². The third-order valence-electron chi connectivity index (χ3n) is 2.52. The predicted octanol–water partition coefficient (Wildman–Crippen LogP) is 4.49. The third kappa shape index (κ3) is 6.75. The van der Waals surface area contributed by atoms with Crippen molar-refractivity contribution in [1.29, 1.82) is 0 Å². The fourth-order valence-corrected chi connectivity index (χ4v) is 2.82. The van der Waals surface area contributed by atoms with Gasteiger partial charge in [-0.15, -0.1) is 0 Å². The minimum Gasteiger partial charge on any atom is -0.488 e. The number of hydrogen-bond acceptors (Lipinski definition) is 3. The lowest BCUT2D eigenvalue weighted by molar-refractivity contribution is 0.215. The number of hydrogen-bond donors (Lipinski definition) is 1. The second kappa shape index (κ2) is 8.96. The maximum atomic E-state index is 6.14. The van der Waals surface area contributed by atoms with Crippen molar-refractivity contribution < 1.29 is 4.74 Å². The first-order chi connectivity index (χ1) is 9.02. The average molecular weight is 322 g/mol. The van der Waals surface area contributed by atoms with Gasteiger partial charge in [0, 0.05) is 10.8 Å². The normalized spacial score (nSPS) is 12.7. The number of thioether (sulfide) groups is 1. The van der Waals surface area contributed by atoms with Gasteiger partial charge < -0.3 is 10.1 Å². The molecule has 0 saturated heterocycles. The van der Waals surface area contributed by atoms with E-state index in [2.05, 4.69) is 19.2 Å². The number of rotatable bonds is 8. The summed E-state index contributed by atoms with van der Waals surface area (Å²) in [7, 11) is 1.95. The summed E-state index contributed by atoms with van der Waals surface area (Å²) in [4.78, 5) is 0. The van der Waals surface area contributed by atoms with E-state index < -0.39 is 0 Å². The summed E-state index contributed by atoms with van der Waals surface area (Å²) in [6.45, 7) is 5.30. The fourth-order valence-electron chi connectivity index (χ4n) is 1.53. The summed E-state index contributed by atoms with van der Waals surface area (Å²) >= 11 is 13.9. The molecular weight excluding hydrogens is 301 g/mol. The van der Waals surface area contributed by atoms with Crippen molar-refractivity contribution in [2.75, 3.05) is 19.3 Å². The second-order valence-corrected chi connectivity index (χ2v) is 7.04. The molecule has 0 fully saturated rings. The molecule has 0 aromatic heterocycles. The highest BCUT2D eigenvalue weighted by Gasteiger charge is 2.13. The van der Waals surface area contributed by atoms with Crippen molar-refractivity contribution in [2.24, 2.45) is 0 Å². The van der Waals surface area contributed by atoms with Crippen molar-refractivity contribution in [3.8, 4) is 5.75 Å². The van der Waals surface area contributed by atoms with Gasteiger partial charge in [0.15, 0.2) is 0 Å². The zero-order valence-electron chi connectivity index (χ0n) is 11.6. The summed E-state index contributed by atoms with van der Waals surface area (Å²) in [5.41, 5.74) is 0. The van der Waals surface area contributed by atoms with E-state index >= 15 is 0 Å². The van der Waals surface area contributed by atoms with E-state index in [-0.39, 0.29) is 6.10 Å². The Balaban J connectivity index is 2.63. The van der Waals surface area contributed by atoms with Gasteiger partial charge in [-0.25, -0.2) is 0 Å². The van der Waals surface area contributed by atoms with Gasteiger partial charge in [0.05, 0.1) is 5.02 Å². The van der Waals surface area contributed by atoms with Crippen LogP contribution in [0.3, 0.4) is 0 Å². The van der Waals surface area contributed by atoms with Crippen LogP contribution in [0, 0.1) is 0 Å². The summed E-state index contributed by atoms with van der Waals surface area (Å²) in [6, 6.07) is 5.34. The van der Waals surface area contributed by atoms with E-state index in [1.165, 1.54) is 0 Å². The largest absolute Gasteiger partial charge is 0.488 e. The molecule has 0 aliphatic heterocycles. The fraction of sp³-hybridized carbons (Fsp3) is 0.571. The molecule has 0 radical (unpaired) electrons. The Morgan fingerprint density at radius 1 is 1.32 bits per heavy atom. The molecule has 1 atom stereocenters. The molecule has 0 bridgehead atoms. The smallest absolute Gasteiger partial charge is 0.138 e. The molecule has 1 rings (SSSR count). The van der Waals surface area contributed by atoms with Crippen molar-refractivity contribution in [3.05, 3.63) is 28.2 Å². The van der Waals surface area contributed by atoms with Crippen LogP contribution >= 0.6 is 35.0 Å². The Kier molecular flexibility index (Phi) is 8.00. The number of nitrogens with one attached hydrogen (secondary N) is 1. The maximum Gasteiger partial charge on any atom is 0.138 e. The minimum atomic E-state index is 0.151. The van der Waals surface area contributed by atoms with Crippen LogP contribution in [0.15, 0.2) is 18.2 Å². The molecule has 19 heavy (non-hydrogen) atoms. The van der Waals surface area contributed by atoms with Crippen LogP contribution in [0.2, 0.25) is 10.0 Å². The third-order valence-corrected chi connectivity index (χ3v) is 4.28. The van der Waals surface area contributed by atoms with Crippen molar-refractivity contribution in [3.63, 3.8) is 0 Å². The Morgan fingerprint density at radius 3 is 2.63 bits per heavy atom. The molecule has 1 N–H and O–H groups in total. The lowest BCUT2D eigenvalue weighted by Crippen LogP contribution is -2.25. The first kappa shape index (κ1) is 17.0. The minimum absolute atomic E-state index is 0.151. The number of benzene rings is 1. The van der Waals surface area contributed by atoms with Crippen LogP contribution < -0.4 is 10.1 Å². The molecule has 5 heteroatoms. The van der Waals surface area contributed by atoms with Gasteiger partial charge in [0.2, 0.25) is 0 Å². The Labute approximate surface area is 130 Å². The molecule has 2 nitrogen and oxygen atoms in total. The van der Waals surface area contributed by atoms with Crippen LogP contribution in [0.1, 0.15) is 20.3 Å². The number of halogens is 2. The topological polar surface area (TPSA) is 21.3 Å². The molecule has 108 valence electrons. The van der Waals surface area contributed by atoms with E-state index in [9.17, 15) is 0 Å². The molecule has 0 saturated carbocycles. The lowest BCUT2D eigenvalue weighted by Gasteiger charge is -2.20. The zero-order chi connectivity index (χ0) is 14.3. The van der Waals surface area contributed by atoms with Gasteiger partial charge in [-0.3, -0.25) is 0 Å². The molecule has 1 unspecified atom stereocenters. The molecular formula is C14H21Cl2NOS. The molecule has 0 aliphatic carbocycles. The first-order valence-electron chi connectivity index (χ1n) is 6.40. The Bertz CT molecular complexity index is 388. The monoisotopic (exact) mass is 321 g/mol. The molecule has 0 heterocycles. The van der Waals surface area contributed by atoms with E-state index in [0.717, 1.165) is 18.7 Å². The van der Waals surface area contributed by atoms with Gasteiger partial charge in [0.25, 0.3) is 0 Å². The first-order valence-corrected chi connectivity index (χ1v) is 8.21. The van der Waals surface area contributed by atoms with Gasteiger partial charge in [-0.05, 0) is 43.5 Å². The average Bonchev–Trinajstić information content (AvgIpc) is 2.35. The zero-order valence-corrected chi connectivity index (χ0v) is 13.9. The molecule has 0 amide bonds. The van der Waals surface area contributed by atoms with E-state index in [0.29, 0.717) is 21.0 Å². The summed E-state index contributed by atoms with van der Waals surface area (Å²) < 4.78 is 6.00. The van der Waals surface area contributed by atoms with Gasteiger partial charge >= 0.3 is 0 Å². The molecule has 1 aromatic rings. The molecule has 0 aliphatic rings. The predicted molar refractivity (Wildman–Crippen MR) is 87.0 cm³/mol. The highest BCUT2D eigenvalue weighted by Crippen LogP contribution is 2.29. The molecule has 1 aromatic carbocycles. The summed E-state index contributed by atoms with van der Waals surface area (Å²) in [6.07, 6.45) is 1.10. The quantitative estimate of drug-likeness (QED) is 0.762. The second-order valence-electron chi connectivity index (χ2n) is 4.59. The summed E-state index contributed by atoms with van der Waals surface area (Å²) in [5, 5.41) is 4.94. The van der Waals surface area contributed by atoms with Crippen molar-refractivity contribution in [2.45, 2.75) is 31.6 Å². The Morgan fingerprint density at radius 2 is 2.05 bits per heavy atom. The van der Waals surface area contributed by atoms with Crippen LogP contribution in [0.4, 0.5) is 0 Å². The maximum absolute atomic E-state index is 6.14. The van der Waals surface area contributed by atoms with Crippen molar-refractivity contribution >= 4 is 35.0 Å². The van der Waals surface area contributed by atoms with Crippen LogP contribution in [-0.4, -0.2) is 30.7 Å². The van der Waals surface area contributed by atoms with Crippen molar-refractivity contribution in [1.82, 2.24) is 5.32 Å². The Hall–Kier alpha value is -0.0900. The standard InChI is InChI=1S/C14H21Cl2NOS/c1-10(2)19-9-12(6-7-17-3)18-14-5-4-11(15)8-13(14)16/h4-5,8,10,12,17H,6-7,9H2,1-3H3. The SMILES string of the molecule is CNCCC(CSC(C)C)Oc1ccc(Cl)cc1Cl. The lowest BCUT2D eigenvalue weighted by atomic mass is 10.2. The number of ether oxygens (including phenoxy) is 1. The molecule has 0 spiro atoms. The highest BCUT2D eigenvalue weighted by molar-refractivity contribution is 7.99. The highest BCUT2D eigenvalue weighted by atomic mass is 35.5. The summed E-state index contributed by atoms with van der Waals surface area (Å²) in [5.74, 6) is 1.66. The van der Waals surface area contributed by atoms with Gasteiger partial charge in [0.1, 0.15) is 11.9 Å². The van der Waals surface area contributed by atoms with Gasteiger partial charge in [-0.2, -0.15) is 11.8 Å². The van der Waals surface area contributed by atoms with E-state index in [4.69, 9.17) is 27.9 Å². The van der Waals surface area contributed by atoms with E-state index in [1.807, 2.05) is 24.9 Å². The van der Waals surface area contributed by atoms with E-state index in [1.54, 1.807) is 12.1 Å².